The zero-order chi connectivity index (χ0) is 9.68. The normalized spacial score (nSPS) is 19.3. The van der Waals surface area contributed by atoms with Gasteiger partial charge in [0.1, 0.15) is 0 Å². The quantitative estimate of drug-likeness (QED) is 0.536. The lowest BCUT2D eigenvalue weighted by molar-refractivity contribution is -0.115. The molecule has 1 N–H and O–H groups in total. The molecule has 1 saturated carbocycles. The van der Waals surface area contributed by atoms with E-state index >= 15 is 0 Å². The molecule has 0 saturated heterocycles. The minimum atomic E-state index is 0.0891. The van der Waals surface area contributed by atoms with Gasteiger partial charge >= 0.3 is 0 Å². The Morgan fingerprint density at radius 1 is 1.46 bits per heavy atom. The van der Waals surface area contributed by atoms with Crippen LogP contribution in [0.1, 0.15) is 45.4 Å². The lowest BCUT2D eigenvalue weighted by atomic mass is 10.0. The third-order valence-corrected chi connectivity index (χ3v) is 2.65. The lowest BCUT2D eigenvalue weighted by Crippen LogP contribution is -2.03. The van der Waals surface area contributed by atoms with Crippen LogP contribution in [0.3, 0.4) is 0 Å². The largest absolute Gasteiger partial charge is 0.512 e. The molecular weight excluding hydrogens is 164 g/mol. The van der Waals surface area contributed by atoms with Gasteiger partial charge < -0.3 is 5.11 Å². The Bertz CT molecular complexity index is 200. The molecule has 1 rings (SSSR count). The zero-order valence-electron chi connectivity index (χ0n) is 8.25. The Morgan fingerprint density at radius 3 is 2.62 bits per heavy atom. The van der Waals surface area contributed by atoms with Gasteiger partial charge in [-0.3, -0.25) is 4.79 Å². The molecule has 0 aromatic carbocycles. The van der Waals surface area contributed by atoms with Crippen LogP contribution in [0.15, 0.2) is 11.8 Å². The van der Waals surface area contributed by atoms with Crippen LogP contribution < -0.4 is 0 Å². The molecule has 0 unspecified atom stereocenters. The Morgan fingerprint density at radius 2 is 2.08 bits per heavy atom. The topological polar surface area (TPSA) is 37.3 Å². The standard InChI is InChI=1S/C11H18O2/c1-2-10(12)8-11(13)7-9-5-3-4-6-9/h8-9,12H,2-7H2,1H3. The second kappa shape index (κ2) is 5.05. The van der Waals surface area contributed by atoms with E-state index in [1.54, 1.807) is 0 Å². The van der Waals surface area contributed by atoms with E-state index in [9.17, 15) is 4.79 Å². The summed E-state index contributed by atoms with van der Waals surface area (Å²) in [5.74, 6) is 0.877. The lowest BCUT2D eigenvalue weighted by Gasteiger charge is -2.04. The van der Waals surface area contributed by atoms with E-state index in [0.717, 1.165) is 0 Å². The summed E-state index contributed by atoms with van der Waals surface area (Å²) in [6.45, 7) is 1.84. The van der Waals surface area contributed by atoms with E-state index < -0.39 is 0 Å². The number of carbonyl (C=O) groups is 1. The molecule has 74 valence electrons. The van der Waals surface area contributed by atoms with Crippen molar-refractivity contribution < 1.29 is 9.90 Å². The van der Waals surface area contributed by atoms with Crippen LogP contribution in [0.5, 0.6) is 0 Å². The molecule has 2 nitrogen and oxygen atoms in total. The van der Waals surface area contributed by atoms with Gasteiger partial charge in [0.2, 0.25) is 0 Å². The van der Waals surface area contributed by atoms with E-state index in [4.69, 9.17) is 5.11 Å². The molecule has 0 bridgehead atoms. The summed E-state index contributed by atoms with van der Waals surface area (Å²) in [4.78, 5) is 11.3. The van der Waals surface area contributed by atoms with Crippen molar-refractivity contribution in [1.82, 2.24) is 0 Å². The fourth-order valence-corrected chi connectivity index (χ4v) is 1.85. The van der Waals surface area contributed by atoms with Crippen molar-refractivity contribution in [2.75, 3.05) is 0 Å². The number of ketones is 1. The van der Waals surface area contributed by atoms with Gasteiger partial charge in [-0.15, -0.1) is 0 Å². The van der Waals surface area contributed by atoms with Crippen molar-refractivity contribution in [3.8, 4) is 0 Å². The summed E-state index contributed by atoms with van der Waals surface area (Å²) in [5, 5.41) is 9.14. The minimum absolute atomic E-state index is 0.0891. The zero-order valence-corrected chi connectivity index (χ0v) is 8.25. The summed E-state index contributed by atoms with van der Waals surface area (Å²) in [6, 6.07) is 0. The molecule has 0 radical (unpaired) electrons. The molecule has 13 heavy (non-hydrogen) atoms. The average molecular weight is 182 g/mol. The summed E-state index contributed by atoms with van der Waals surface area (Å²) in [5.41, 5.74) is 0. The van der Waals surface area contributed by atoms with E-state index in [-0.39, 0.29) is 11.5 Å². The first-order valence-corrected chi connectivity index (χ1v) is 5.14. The third kappa shape index (κ3) is 3.62. The van der Waals surface area contributed by atoms with Gasteiger partial charge in [-0.05, 0) is 5.92 Å². The molecule has 0 amide bonds. The summed E-state index contributed by atoms with van der Waals surface area (Å²) >= 11 is 0. The van der Waals surface area contributed by atoms with Gasteiger partial charge in [-0.2, -0.15) is 0 Å². The predicted molar refractivity (Wildman–Crippen MR) is 52.6 cm³/mol. The Hall–Kier alpha value is -0.790. The molecule has 0 spiro atoms. The van der Waals surface area contributed by atoms with Gasteiger partial charge in [-0.1, -0.05) is 32.6 Å². The van der Waals surface area contributed by atoms with Gasteiger partial charge in [0.25, 0.3) is 0 Å². The van der Waals surface area contributed by atoms with E-state index in [1.165, 1.54) is 31.8 Å². The Labute approximate surface area is 79.6 Å². The average Bonchev–Trinajstić information content (AvgIpc) is 2.56. The van der Waals surface area contributed by atoms with Crippen LogP contribution in [0.2, 0.25) is 0 Å². The third-order valence-electron chi connectivity index (χ3n) is 2.65. The van der Waals surface area contributed by atoms with Crippen molar-refractivity contribution in [1.29, 1.82) is 0 Å². The van der Waals surface area contributed by atoms with Gasteiger partial charge in [0.15, 0.2) is 5.78 Å². The van der Waals surface area contributed by atoms with E-state index in [0.29, 0.717) is 18.8 Å². The van der Waals surface area contributed by atoms with Gasteiger partial charge in [0.05, 0.1) is 5.76 Å². The first kappa shape index (κ1) is 10.3. The summed E-state index contributed by atoms with van der Waals surface area (Å²) in [7, 11) is 0. The van der Waals surface area contributed by atoms with Gasteiger partial charge in [-0.25, -0.2) is 0 Å². The molecule has 0 aromatic heterocycles. The van der Waals surface area contributed by atoms with Crippen LogP contribution in [0.4, 0.5) is 0 Å². The van der Waals surface area contributed by atoms with Crippen molar-refractivity contribution >= 4 is 5.78 Å². The highest BCUT2D eigenvalue weighted by atomic mass is 16.3. The van der Waals surface area contributed by atoms with Crippen LogP contribution in [-0.2, 0) is 4.79 Å². The van der Waals surface area contributed by atoms with E-state index in [1.807, 2.05) is 6.92 Å². The first-order valence-electron chi connectivity index (χ1n) is 5.14. The van der Waals surface area contributed by atoms with Crippen molar-refractivity contribution in [3.63, 3.8) is 0 Å². The molecule has 0 aromatic rings. The van der Waals surface area contributed by atoms with Crippen molar-refractivity contribution in [3.05, 3.63) is 11.8 Å². The van der Waals surface area contributed by atoms with E-state index in [2.05, 4.69) is 0 Å². The van der Waals surface area contributed by atoms with Gasteiger partial charge in [0, 0.05) is 18.9 Å². The fourth-order valence-electron chi connectivity index (χ4n) is 1.85. The highest BCUT2D eigenvalue weighted by Gasteiger charge is 2.17. The summed E-state index contributed by atoms with van der Waals surface area (Å²) < 4.78 is 0. The second-order valence-electron chi connectivity index (χ2n) is 3.81. The Balaban J connectivity index is 2.32. The summed E-state index contributed by atoms with van der Waals surface area (Å²) in [6.07, 6.45) is 7.47. The van der Waals surface area contributed by atoms with Crippen LogP contribution in [0.25, 0.3) is 0 Å². The molecule has 0 heterocycles. The highest BCUT2D eigenvalue weighted by molar-refractivity contribution is 5.90. The SMILES string of the molecule is CCC(O)=CC(=O)CC1CCCC1. The molecule has 0 atom stereocenters. The number of hydrogen-bond donors (Lipinski definition) is 1. The number of rotatable bonds is 4. The maximum absolute atomic E-state index is 11.3. The molecule has 2 heteroatoms. The maximum Gasteiger partial charge on any atom is 0.159 e. The molecule has 1 fully saturated rings. The van der Waals surface area contributed by atoms with Crippen LogP contribution in [-0.4, -0.2) is 10.9 Å². The second-order valence-corrected chi connectivity index (χ2v) is 3.81. The Kier molecular flexibility index (Phi) is 4.00. The van der Waals surface area contributed by atoms with Crippen LogP contribution >= 0.6 is 0 Å². The molecular formula is C11H18O2. The number of hydrogen-bond acceptors (Lipinski definition) is 2. The molecule has 0 aliphatic heterocycles. The van der Waals surface area contributed by atoms with Crippen LogP contribution in [0, 0.1) is 5.92 Å². The fraction of sp³-hybridized carbons (Fsp3) is 0.727. The number of allylic oxidation sites excluding steroid dienone is 2. The number of aliphatic hydroxyl groups excluding tert-OH is 1. The van der Waals surface area contributed by atoms with Crippen molar-refractivity contribution in [2.45, 2.75) is 45.4 Å². The first-order chi connectivity index (χ1) is 6.22. The molecule has 1 aliphatic rings. The van der Waals surface area contributed by atoms with Crippen molar-refractivity contribution in [2.24, 2.45) is 5.92 Å². The minimum Gasteiger partial charge on any atom is -0.512 e. The predicted octanol–water partition coefficient (Wildman–Crippen LogP) is 2.99. The molecule has 1 aliphatic carbocycles. The monoisotopic (exact) mass is 182 g/mol. The number of carbonyl (C=O) groups excluding carboxylic acids is 1. The smallest absolute Gasteiger partial charge is 0.159 e. The maximum atomic E-state index is 11.3. The number of aliphatic hydroxyl groups is 1. The highest BCUT2D eigenvalue weighted by Crippen LogP contribution is 2.27.